The molecule has 0 amide bonds. The summed E-state index contributed by atoms with van der Waals surface area (Å²) in [6, 6.07) is 0. The molecule has 0 fully saturated rings. The molecule has 0 aliphatic carbocycles. The highest BCUT2D eigenvalue weighted by Crippen LogP contribution is 2.13. The maximum absolute atomic E-state index is 12.8. The lowest BCUT2D eigenvalue weighted by Gasteiger charge is -2.18. The molecule has 0 N–H and O–H groups in total. The van der Waals surface area contributed by atoms with E-state index < -0.39 is 6.10 Å². The summed E-state index contributed by atoms with van der Waals surface area (Å²) in [5.41, 5.74) is 0. The topological polar surface area (TPSA) is 61.8 Å². The Morgan fingerprint density at radius 2 is 0.783 bits per heavy atom. The molecule has 1 atom stereocenters. The number of hydrogen-bond acceptors (Lipinski definition) is 5. The Balaban J connectivity index is 4.36. The minimum Gasteiger partial charge on any atom is -0.462 e. The van der Waals surface area contributed by atoms with Crippen molar-refractivity contribution >= 4 is 11.9 Å². The average molecular weight is 835 g/mol. The van der Waals surface area contributed by atoms with Crippen LogP contribution < -0.4 is 0 Å². The van der Waals surface area contributed by atoms with Crippen LogP contribution in [0.4, 0.5) is 0 Å². The number of hydrogen-bond donors (Lipinski definition) is 0. The molecule has 0 saturated heterocycles. The Morgan fingerprint density at radius 3 is 1.32 bits per heavy atom. The van der Waals surface area contributed by atoms with Crippen molar-refractivity contribution in [2.24, 2.45) is 0 Å². The smallest absolute Gasteiger partial charge is 0.306 e. The minimum atomic E-state index is -0.566. The van der Waals surface area contributed by atoms with E-state index in [-0.39, 0.29) is 25.2 Å². The molecule has 0 bridgehead atoms. The summed E-state index contributed by atoms with van der Waals surface area (Å²) in [4.78, 5) is 25.3. The molecule has 0 aromatic heterocycles. The van der Waals surface area contributed by atoms with Gasteiger partial charge in [0.15, 0.2) is 6.10 Å². The van der Waals surface area contributed by atoms with Gasteiger partial charge in [-0.2, -0.15) is 0 Å². The van der Waals surface area contributed by atoms with Gasteiger partial charge in [-0.1, -0.05) is 189 Å². The van der Waals surface area contributed by atoms with Crippen molar-refractivity contribution in [3.63, 3.8) is 0 Å². The van der Waals surface area contributed by atoms with E-state index in [2.05, 4.69) is 106 Å². The number of rotatable bonds is 45. The zero-order chi connectivity index (χ0) is 43.5. The van der Waals surface area contributed by atoms with E-state index in [4.69, 9.17) is 14.2 Å². The van der Waals surface area contributed by atoms with Gasteiger partial charge in [0.05, 0.1) is 6.61 Å². The second kappa shape index (κ2) is 50.4. The van der Waals surface area contributed by atoms with E-state index >= 15 is 0 Å². The zero-order valence-corrected chi connectivity index (χ0v) is 39.5. The molecule has 0 spiro atoms. The summed E-state index contributed by atoms with van der Waals surface area (Å²) in [6.07, 6.45) is 65.9. The minimum absolute atomic E-state index is 0.0523. The molecule has 0 heterocycles. The third-order valence-corrected chi connectivity index (χ3v) is 10.4. The fourth-order valence-corrected chi connectivity index (χ4v) is 6.65. The van der Waals surface area contributed by atoms with Crippen LogP contribution in [0, 0.1) is 0 Å². The van der Waals surface area contributed by atoms with Gasteiger partial charge in [0, 0.05) is 19.4 Å². The van der Waals surface area contributed by atoms with Crippen molar-refractivity contribution in [3.8, 4) is 0 Å². The summed E-state index contributed by atoms with van der Waals surface area (Å²) >= 11 is 0. The van der Waals surface area contributed by atoms with Crippen LogP contribution in [0.15, 0.2) is 85.1 Å². The van der Waals surface area contributed by atoms with Crippen molar-refractivity contribution < 1.29 is 23.8 Å². The first-order valence-corrected chi connectivity index (χ1v) is 25.1. The number of carbonyl (C=O) groups is 2. The molecule has 0 aromatic rings. The maximum Gasteiger partial charge on any atom is 0.306 e. The van der Waals surface area contributed by atoms with Crippen LogP contribution in [0.1, 0.15) is 226 Å². The number of ether oxygens (including phenoxy) is 3. The van der Waals surface area contributed by atoms with Crippen molar-refractivity contribution in [2.45, 2.75) is 232 Å². The van der Waals surface area contributed by atoms with Crippen molar-refractivity contribution in [1.82, 2.24) is 0 Å². The molecule has 5 heteroatoms. The van der Waals surface area contributed by atoms with E-state index in [1.54, 1.807) is 0 Å². The Morgan fingerprint density at radius 1 is 0.383 bits per heavy atom. The van der Waals surface area contributed by atoms with Crippen molar-refractivity contribution in [1.29, 1.82) is 0 Å². The predicted octanol–water partition coefficient (Wildman–Crippen LogP) is 16.9. The SMILES string of the molecule is CC/C=C\C/C=C\C/C=C\C/C=C\CCCCC(=O)OCC(COCCCCCCCC/C=C\CCCCCCCC)OC(=O)CCCCCCC/C=C\C/C=C\CCC. The van der Waals surface area contributed by atoms with Gasteiger partial charge in [0.2, 0.25) is 0 Å². The first-order chi connectivity index (χ1) is 29.6. The fourth-order valence-electron chi connectivity index (χ4n) is 6.65. The summed E-state index contributed by atoms with van der Waals surface area (Å²) < 4.78 is 17.3. The first-order valence-electron chi connectivity index (χ1n) is 25.1. The van der Waals surface area contributed by atoms with Gasteiger partial charge in [-0.3, -0.25) is 9.59 Å². The predicted molar refractivity (Wildman–Crippen MR) is 260 cm³/mol. The van der Waals surface area contributed by atoms with Crippen LogP contribution in [0.3, 0.4) is 0 Å². The second-order valence-corrected chi connectivity index (χ2v) is 16.3. The number of esters is 2. The zero-order valence-electron chi connectivity index (χ0n) is 39.5. The Labute approximate surface area is 371 Å². The molecule has 60 heavy (non-hydrogen) atoms. The van der Waals surface area contributed by atoms with Gasteiger partial charge in [-0.15, -0.1) is 0 Å². The number of carbonyl (C=O) groups excluding carboxylic acids is 2. The average Bonchev–Trinajstić information content (AvgIpc) is 3.25. The van der Waals surface area contributed by atoms with E-state index in [1.165, 1.54) is 96.3 Å². The van der Waals surface area contributed by atoms with E-state index in [0.717, 1.165) is 96.3 Å². The van der Waals surface area contributed by atoms with Crippen LogP contribution in [0.5, 0.6) is 0 Å². The lowest BCUT2D eigenvalue weighted by molar-refractivity contribution is -0.163. The van der Waals surface area contributed by atoms with Crippen molar-refractivity contribution in [3.05, 3.63) is 85.1 Å². The normalized spacial score (nSPS) is 12.9. The third-order valence-electron chi connectivity index (χ3n) is 10.4. The highest BCUT2D eigenvalue weighted by atomic mass is 16.6. The quantitative estimate of drug-likeness (QED) is 0.0347. The molecule has 0 aliphatic rings. The molecule has 344 valence electrons. The molecule has 0 saturated carbocycles. The number of unbranched alkanes of at least 4 members (excludes halogenated alkanes) is 20. The van der Waals surface area contributed by atoms with Gasteiger partial charge < -0.3 is 14.2 Å². The van der Waals surface area contributed by atoms with Crippen molar-refractivity contribution in [2.75, 3.05) is 19.8 Å². The molecule has 1 unspecified atom stereocenters. The summed E-state index contributed by atoms with van der Waals surface area (Å²) in [7, 11) is 0. The molecular weight excluding hydrogens is 741 g/mol. The van der Waals surface area contributed by atoms with Crippen LogP contribution >= 0.6 is 0 Å². The molecule has 0 aromatic carbocycles. The van der Waals surface area contributed by atoms with Gasteiger partial charge >= 0.3 is 11.9 Å². The molecule has 0 aliphatic heterocycles. The Hall–Kier alpha value is -2.92. The second-order valence-electron chi connectivity index (χ2n) is 16.3. The summed E-state index contributed by atoms with van der Waals surface area (Å²) in [5, 5.41) is 0. The standard InChI is InChI=1S/C55H94O5/c1-4-7-10-13-16-19-22-25-27-29-32-35-38-41-44-47-50-58-51-53(60-55(57)49-46-43-40-37-34-30-24-21-18-15-12-9-6-3)52-59-54(56)48-45-42-39-36-33-31-28-26-23-20-17-14-11-8-5-2/h8,11-12,15,17,20-21,24-28,33,36,53H,4-7,9-10,13-14,16,18-19,22-23,29-32,34-35,37-52H2,1-3H3/b11-8-,15-12-,20-17-,24-21-,27-25-,28-26-,36-33-. The van der Waals surface area contributed by atoms with Crippen LogP contribution in [-0.4, -0.2) is 37.9 Å². The Bertz CT molecular complexity index is 1130. The van der Waals surface area contributed by atoms with Gasteiger partial charge in [0.25, 0.3) is 0 Å². The highest BCUT2D eigenvalue weighted by molar-refractivity contribution is 5.70. The largest absolute Gasteiger partial charge is 0.462 e. The lowest BCUT2D eigenvalue weighted by atomic mass is 10.1. The van der Waals surface area contributed by atoms with Gasteiger partial charge in [0.1, 0.15) is 6.61 Å². The molecular formula is C55H94O5. The Kier molecular flexibility index (Phi) is 48.0. The van der Waals surface area contributed by atoms with Gasteiger partial charge in [-0.25, -0.2) is 0 Å². The van der Waals surface area contributed by atoms with E-state index in [0.29, 0.717) is 19.4 Å². The fraction of sp³-hybridized carbons (Fsp3) is 0.709. The highest BCUT2D eigenvalue weighted by Gasteiger charge is 2.17. The lowest BCUT2D eigenvalue weighted by Crippen LogP contribution is -2.30. The summed E-state index contributed by atoms with van der Waals surface area (Å²) in [5.74, 6) is -0.466. The van der Waals surface area contributed by atoms with E-state index in [1.807, 2.05) is 0 Å². The third kappa shape index (κ3) is 47.8. The van der Waals surface area contributed by atoms with Gasteiger partial charge in [-0.05, 0) is 109 Å². The monoisotopic (exact) mass is 835 g/mol. The van der Waals surface area contributed by atoms with Crippen LogP contribution in [0.25, 0.3) is 0 Å². The van der Waals surface area contributed by atoms with Crippen LogP contribution in [-0.2, 0) is 23.8 Å². The van der Waals surface area contributed by atoms with E-state index in [9.17, 15) is 9.59 Å². The number of allylic oxidation sites excluding steroid dienone is 14. The molecule has 5 nitrogen and oxygen atoms in total. The molecule has 0 radical (unpaired) electrons. The molecule has 0 rings (SSSR count). The first kappa shape index (κ1) is 57.1. The van der Waals surface area contributed by atoms with Crippen LogP contribution in [0.2, 0.25) is 0 Å². The summed E-state index contributed by atoms with van der Waals surface area (Å²) in [6.45, 7) is 7.57. The maximum atomic E-state index is 12.8.